The van der Waals surface area contributed by atoms with Crippen molar-refractivity contribution in [2.24, 2.45) is 0 Å². The average molecular weight is 307 g/mol. The molecule has 0 spiro atoms. The summed E-state index contributed by atoms with van der Waals surface area (Å²) in [4.78, 5) is 23.6. The Balaban J connectivity index is 2.65. The topological polar surface area (TPSA) is 64.6 Å². The zero-order valence-electron chi connectivity index (χ0n) is 13.5. The number of carbonyl (C=O) groups excluding carboxylic acids is 2. The Morgan fingerprint density at radius 1 is 1.09 bits per heavy atom. The van der Waals surface area contributed by atoms with Gasteiger partial charge in [0, 0.05) is 6.04 Å². The van der Waals surface area contributed by atoms with Gasteiger partial charge in [0.2, 0.25) is 0 Å². The first-order valence-electron chi connectivity index (χ1n) is 7.69. The number of rotatable bonds is 9. The number of benzene rings is 1. The van der Waals surface area contributed by atoms with E-state index in [1.807, 2.05) is 37.3 Å². The van der Waals surface area contributed by atoms with Crippen LogP contribution in [0, 0.1) is 0 Å². The van der Waals surface area contributed by atoms with Crippen molar-refractivity contribution in [1.82, 2.24) is 5.32 Å². The van der Waals surface area contributed by atoms with Crippen molar-refractivity contribution in [3.8, 4) is 0 Å². The summed E-state index contributed by atoms with van der Waals surface area (Å²) in [5.41, 5.74) is 1.04. The standard InChI is InChI=1S/C17H25NO4/c1-4-21-16(19)11-13(3)18-15(17(20)22-5-2)12-14-9-7-6-8-10-14/h6-10,13,15,18H,4-5,11-12H2,1-3H3/t13-,15?/m0/s1. The van der Waals surface area contributed by atoms with E-state index in [0.29, 0.717) is 19.6 Å². The molecular formula is C17H25NO4. The van der Waals surface area contributed by atoms with Crippen LogP contribution in [0.4, 0.5) is 0 Å². The Hall–Kier alpha value is -1.88. The average Bonchev–Trinajstić information content (AvgIpc) is 2.48. The van der Waals surface area contributed by atoms with Crippen LogP contribution in [0.15, 0.2) is 30.3 Å². The summed E-state index contributed by atoms with van der Waals surface area (Å²) in [7, 11) is 0. The Labute approximate surface area is 132 Å². The van der Waals surface area contributed by atoms with Crippen molar-refractivity contribution in [3.05, 3.63) is 35.9 Å². The lowest BCUT2D eigenvalue weighted by Gasteiger charge is -2.21. The largest absolute Gasteiger partial charge is 0.466 e. The Kier molecular flexibility index (Phi) is 8.22. The summed E-state index contributed by atoms with van der Waals surface area (Å²) in [5.74, 6) is -0.577. The molecule has 0 saturated carbocycles. The molecule has 22 heavy (non-hydrogen) atoms. The highest BCUT2D eigenvalue weighted by molar-refractivity contribution is 5.76. The van der Waals surface area contributed by atoms with Crippen molar-refractivity contribution in [2.45, 2.75) is 45.7 Å². The molecule has 5 heteroatoms. The lowest BCUT2D eigenvalue weighted by molar-refractivity contribution is -0.147. The molecule has 1 N–H and O–H groups in total. The number of esters is 2. The number of carbonyl (C=O) groups is 2. The van der Waals surface area contributed by atoms with Gasteiger partial charge in [-0.25, -0.2) is 0 Å². The zero-order chi connectivity index (χ0) is 16.4. The van der Waals surface area contributed by atoms with Crippen LogP contribution in [0.1, 0.15) is 32.8 Å². The van der Waals surface area contributed by atoms with E-state index in [1.54, 1.807) is 13.8 Å². The third kappa shape index (κ3) is 6.72. The predicted molar refractivity (Wildman–Crippen MR) is 84.4 cm³/mol. The minimum Gasteiger partial charge on any atom is -0.466 e. The van der Waals surface area contributed by atoms with Gasteiger partial charge in [0.25, 0.3) is 0 Å². The highest BCUT2D eigenvalue weighted by atomic mass is 16.5. The molecule has 0 saturated heterocycles. The first-order chi connectivity index (χ1) is 10.6. The quantitative estimate of drug-likeness (QED) is 0.708. The van der Waals surface area contributed by atoms with Crippen LogP contribution in [0.5, 0.6) is 0 Å². The van der Waals surface area contributed by atoms with Crippen LogP contribution in [-0.2, 0) is 25.5 Å². The van der Waals surface area contributed by atoms with Crippen LogP contribution in [-0.4, -0.2) is 37.2 Å². The molecule has 0 aliphatic carbocycles. The van der Waals surface area contributed by atoms with E-state index < -0.39 is 6.04 Å². The molecule has 0 aliphatic rings. The van der Waals surface area contributed by atoms with Gasteiger partial charge in [0.1, 0.15) is 6.04 Å². The molecule has 1 unspecified atom stereocenters. The molecule has 1 aromatic rings. The van der Waals surface area contributed by atoms with Gasteiger partial charge in [-0.1, -0.05) is 30.3 Å². The van der Waals surface area contributed by atoms with Crippen molar-refractivity contribution in [3.63, 3.8) is 0 Å². The van der Waals surface area contributed by atoms with Gasteiger partial charge in [-0.15, -0.1) is 0 Å². The molecule has 0 fully saturated rings. The molecule has 1 aromatic carbocycles. The van der Waals surface area contributed by atoms with Crippen molar-refractivity contribution in [1.29, 1.82) is 0 Å². The first kappa shape index (κ1) is 18.2. The Morgan fingerprint density at radius 3 is 2.32 bits per heavy atom. The molecule has 1 rings (SSSR count). The summed E-state index contributed by atoms with van der Waals surface area (Å²) in [5, 5.41) is 3.16. The van der Waals surface area contributed by atoms with Crippen LogP contribution in [0.3, 0.4) is 0 Å². The number of nitrogens with one attached hydrogen (secondary N) is 1. The fourth-order valence-corrected chi connectivity index (χ4v) is 2.18. The van der Waals surface area contributed by atoms with Gasteiger partial charge in [-0.2, -0.15) is 0 Å². The summed E-state index contributed by atoms with van der Waals surface area (Å²) in [6.07, 6.45) is 0.741. The second-order valence-electron chi connectivity index (χ2n) is 5.07. The lowest BCUT2D eigenvalue weighted by Crippen LogP contribution is -2.45. The summed E-state index contributed by atoms with van der Waals surface area (Å²) < 4.78 is 10.0. The summed E-state index contributed by atoms with van der Waals surface area (Å²) in [6.45, 7) is 6.09. The second-order valence-corrected chi connectivity index (χ2v) is 5.07. The molecule has 0 amide bonds. The summed E-state index contributed by atoms with van der Waals surface area (Å²) in [6, 6.07) is 9.07. The third-order valence-corrected chi connectivity index (χ3v) is 3.12. The molecule has 0 radical (unpaired) electrons. The highest BCUT2D eigenvalue weighted by Crippen LogP contribution is 2.07. The maximum Gasteiger partial charge on any atom is 0.323 e. The minimum absolute atomic E-state index is 0.169. The van der Waals surface area contributed by atoms with Gasteiger partial charge in [-0.05, 0) is 32.8 Å². The summed E-state index contributed by atoms with van der Waals surface area (Å²) >= 11 is 0. The molecule has 2 atom stereocenters. The monoisotopic (exact) mass is 307 g/mol. The van der Waals surface area contributed by atoms with Gasteiger partial charge in [-0.3, -0.25) is 9.59 Å². The Bertz CT molecular complexity index is 461. The van der Waals surface area contributed by atoms with Crippen molar-refractivity contribution in [2.75, 3.05) is 13.2 Å². The van der Waals surface area contributed by atoms with Crippen LogP contribution in [0.2, 0.25) is 0 Å². The predicted octanol–water partition coefficient (Wildman–Crippen LogP) is 2.09. The SMILES string of the molecule is CCOC(=O)C[C@H](C)NC(Cc1ccccc1)C(=O)OCC. The normalized spacial score (nSPS) is 13.2. The fraction of sp³-hybridized carbons (Fsp3) is 0.529. The van der Waals surface area contributed by atoms with Gasteiger partial charge < -0.3 is 14.8 Å². The van der Waals surface area contributed by atoms with E-state index >= 15 is 0 Å². The smallest absolute Gasteiger partial charge is 0.323 e. The first-order valence-corrected chi connectivity index (χ1v) is 7.69. The van der Waals surface area contributed by atoms with E-state index in [2.05, 4.69) is 5.32 Å². The maximum absolute atomic E-state index is 12.1. The number of ether oxygens (including phenoxy) is 2. The Morgan fingerprint density at radius 2 is 1.73 bits per heavy atom. The second kappa shape index (κ2) is 9.95. The van der Waals surface area contributed by atoms with Crippen molar-refractivity contribution >= 4 is 11.9 Å². The number of hydrogen-bond acceptors (Lipinski definition) is 5. The van der Waals surface area contributed by atoms with Crippen LogP contribution < -0.4 is 5.32 Å². The van der Waals surface area contributed by atoms with E-state index in [1.165, 1.54) is 0 Å². The molecule has 0 bridgehead atoms. The molecule has 5 nitrogen and oxygen atoms in total. The van der Waals surface area contributed by atoms with E-state index in [9.17, 15) is 9.59 Å². The van der Waals surface area contributed by atoms with E-state index in [4.69, 9.17) is 9.47 Å². The van der Waals surface area contributed by atoms with Crippen LogP contribution in [0.25, 0.3) is 0 Å². The zero-order valence-corrected chi connectivity index (χ0v) is 13.5. The molecule has 0 aliphatic heterocycles. The van der Waals surface area contributed by atoms with Crippen molar-refractivity contribution < 1.29 is 19.1 Å². The minimum atomic E-state index is -0.480. The maximum atomic E-state index is 12.1. The van der Waals surface area contributed by atoms with Gasteiger partial charge >= 0.3 is 11.9 Å². The molecule has 122 valence electrons. The highest BCUT2D eigenvalue weighted by Gasteiger charge is 2.23. The molecule has 0 heterocycles. The van der Waals surface area contributed by atoms with Crippen LogP contribution >= 0.6 is 0 Å². The molecule has 0 aromatic heterocycles. The lowest BCUT2D eigenvalue weighted by atomic mass is 10.0. The van der Waals surface area contributed by atoms with Gasteiger partial charge in [0.15, 0.2) is 0 Å². The fourth-order valence-electron chi connectivity index (χ4n) is 2.18. The third-order valence-electron chi connectivity index (χ3n) is 3.12. The van der Waals surface area contributed by atoms with E-state index in [-0.39, 0.29) is 24.4 Å². The van der Waals surface area contributed by atoms with E-state index in [0.717, 1.165) is 5.56 Å². The van der Waals surface area contributed by atoms with Gasteiger partial charge in [0.05, 0.1) is 19.6 Å². The molecular weight excluding hydrogens is 282 g/mol. The number of hydrogen-bond donors (Lipinski definition) is 1.